The number of H-pyrrole nitrogens is 1. The minimum absolute atomic E-state index is 0.978. The molecule has 2 rings (SSSR count). The molecule has 1 fully saturated rings. The summed E-state index contributed by atoms with van der Waals surface area (Å²) in [4.78, 5) is 7.86. The van der Waals surface area contributed by atoms with Crippen molar-refractivity contribution in [3.63, 3.8) is 0 Å². The molecule has 0 saturated heterocycles. The van der Waals surface area contributed by atoms with E-state index in [2.05, 4.69) is 16.9 Å². The molecular weight excluding hydrogens is 196 g/mol. The van der Waals surface area contributed by atoms with Gasteiger partial charge >= 0.3 is 0 Å². The highest BCUT2D eigenvalue weighted by molar-refractivity contribution is 5.01. The minimum atomic E-state index is 0.978. The molecule has 0 radical (unpaired) electrons. The topological polar surface area (TPSA) is 28.7 Å². The van der Waals surface area contributed by atoms with Crippen LogP contribution < -0.4 is 0 Å². The molecule has 0 amide bonds. The summed E-state index contributed by atoms with van der Waals surface area (Å²) < 4.78 is 0. The lowest BCUT2D eigenvalue weighted by molar-refractivity contribution is 0.338. The first kappa shape index (κ1) is 11.7. The summed E-state index contributed by atoms with van der Waals surface area (Å²) in [7, 11) is 0. The van der Waals surface area contributed by atoms with Crippen molar-refractivity contribution in [2.24, 2.45) is 5.92 Å². The van der Waals surface area contributed by atoms with Crippen LogP contribution in [-0.4, -0.2) is 9.97 Å². The van der Waals surface area contributed by atoms with E-state index in [1.807, 2.05) is 6.20 Å². The summed E-state index contributed by atoms with van der Waals surface area (Å²) >= 11 is 0. The summed E-state index contributed by atoms with van der Waals surface area (Å²) in [6, 6.07) is 0. The Morgan fingerprint density at radius 3 is 2.81 bits per heavy atom. The lowest BCUT2D eigenvalue weighted by atomic mass is 9.86. The summed E-state index contributed by atoms with van der Waals surface area (Å²) in [5.74, 6) is 2.15. The number of aromatic amines is 1. The van der Waals surface area contributed by atoms with Crippen LogP contribution in [-0.2, 0) is 12.8 Å². The maximum Gasteiger partial charge on any atom is 0.106 e. The van der Waals surface area contributed by atoms with Gasteiger partial charge < -0.3 is 4.98 Å². The second kappa shape index (κ2) is 6.07. The molecule has 1 aliphatic carbocycles. The number of rotatable bonds is 5. The Morgan fingerprint density at radius 1 is 1.25 bits per heavy atom. The zero-order valence-corrected chi connectivity index (χ0v) is 10.5. The number of hydrogen-bond acceptors (Lipinski definition) is 1. The van der Waals surface area contributed by atoms with E-state index >= 15 is 0 Å². The molecule has 1 N–H and O–H groups in total. The highest BCUT2D eigenvalue weighted by atomic mass is 14.9. The number of imidazole rings is 1. The third-order valence-corrected chi connectivity index (χ3v) is 3.71. The molecule has 0 unspecified atom stereocenters. The quantitative estimate of drug-likeness (QED) is 0.801. The Labute approximate surface area is 98.9 Å². The van der Waals surface area contributed by atoms with E-state index in [4.69, 9.17) is 0 Å². The van der Waals surface area contributed by atoms with Crippen molar-refractivity contribution < 1.29 is 0 Å². The van der Waals surface area contributed by atoms with Crippen molar-refractivity contribution in [3.05, 3.63) is 17.7 Å². The van der Waals surface area contributed by atoms with E-state index in [1.165, 1.54) is 62.9 Å². The minimum Gasteiger partial charge on any atom is -0.346 e. The standard InChI is InChI=1S/C14H24N2/c1-2-6-14-15-11-13(16-14)10-9-12-7-4-3-5-8-12/h11-12H,2-10H2,1H3,(H,15,16). The average molecular weight is 220 g/mol. The SMILES string of the molecule is CCCc1ncc(CCC2CCCCC2)[nH]1. The van der Waals surface area contributed by atoms with Crippen molar-refractivity contribution in [1.29, 1.82) is 0 Å². The zero-order chi connectivity index (χ0) is 11.2. The largest absolute Gasteiger partial charge is 0.346 e. The van der Waals surface area contributed by atoms with E-state index in [-0.39, 0.29) is 0 Å². The smallest absolute Gasteiger partial charge is 0.106 e. The Kier molecular flexibility index (Phi) is 4.44. The second-order valence-corrected chi connectivity index (χ2v) is 5.15. The van der Waals surface area contributed by atoms with Crippen LogP contribution in [0.1, 0.15) is 63.4 Å². The Morgan fingerprint density at radius 2 is 2.06 bits per heavy atom. The molecule has 0 spiro atoms. The molecule has 2 heteroatoms. The maximum atomic E-state index is 4.41. The van der Waals surface area contributed by atoms with Crippen LogP contribution in [0.2, 0.25) is 0 Å². The van der Waals surface area contributed by atoms with Gasteiger partial charge in [-0.1, -0.05) is 39.0 Å². The Bertz CT molecular complexity index is 297. The van der Waals surface area contributed by atoms with Crippen LogP contribution >= 0.6 is 0 Å². The normalized spacial score (nSPS) is 17.8. The molecule has 1 saturated carbocycles. The lowest BCUT2D eigenvalue weighted by Crippen LogP contribution is -2.07. The first-order valence-electron chi connectivity index (χ1n) is 6.91. The van der Waals surface area contributed by atoms with Gasteiger partial charge in [-0.2, -0.15) is 0 Å². The molecule has 90 valence electrons. The van der Waals surface area contributed by atoms with E-state index in [0.29, 0.717) is 0 Å². The van der Waals surface area contributed by atoms with Crippen LogP contribution in [0.5, 0.6) is 0 Å². The van der Waals surface area contributed by atoms with Gasteiger partial charge in [0.15, 0.2) is 0 Å². The Hall–Kier alpha value is -0.790. The van der Waals surface area contributed by atoms with Gasteiger partial charge in [-0.15, -0.1) is 0 Å². The molecular formula is C14H24N2. The predicted octanol–water partition coefficient (Wildman–Crippen LogP) is 3.88. The van der Waals surface area contributed by atoms with Gasteiger partial charge in [0.05, 0.1) is 0 Å². The Balaban J connectivity index is 1.75. The van der Waals surface area contributed by atoms with Crippen LogP contribution in [0, 0.1) is 5.92 Å². The highest BCUT2D eigenvalue weighted by Gasteiger charge is 2.13. The molecule has 0 bridgehead atoms. The van der Waals surface area contributed by atoms with Crippen molar-refractivity contribution in [3.8, 4) is 0 Å². The van der Waals surface area contributed by atoms with E-state index in [9.17, 15) is 0 Å². The molecule has 1 aliphatic rings. The molecule has 0 aliphatic heterocycles. The third kappa shape index (κ3) is 3.36. The van der Waals surface area contributed by atoms with Crippen molar-refractivity contribution in [2.45, 2.75) is 64.7 Å². The molecule has 1 aromatic rings. The predicted molar refractivity (Wildman–Crippen MR) is 67.5 cm³/mol. The highest BCUT2D eigenvalue weighted by Crippen LogP contribution is 2.27. The monoisotopic (exact) mass is 220 g/mol. The van der Waals surface area contributed by atoms with Crippen molar-refractivity contribution >= 4 is 0 Å². The maximum absolute atomic E-state index is 4.41. The number of aryl methyl sites for hydroxylation is 2. The molecule has 0 aromatic carbocycles. The van der Waals surface area contributed by atoms with E-state index < -0.39 is 0 Å². The summed E-state index contributed by atoms with van der Waals surface area (Å²) in [5.41, 5.74) is 1.34. The fraction of sp³-hybridized carbons (Fsp3) is 0.786. The second-order valence-electron chi connectivity index (χ2n) is 5.15. The third-order valence-electron chi connectivity index (χ3n) is 3.71. The molecule has 16 heavy (non-hydrogen) atoms. The van der Waals surface area contributed by atoms with Crippen LogP contribution in [0.3, 0.4) is 0 Å². The molecule has 1 aromatic heterocycles. The van der Waals surface area contributed by atoms with Crippen molar-refractivity contribution in [2.75, 3.05) is 0 Å². The van der Waals surface area contributed by atoms with E-state index in [0.717, 1.165) is 12.3 Å². The van der Waals surface area contributed by atoms with E-state index in [1.54, 1.807) is 0 Å². The lowest BCUT2D eigenvalue weighted by Gasteiger charge is -2.20. The fourth-order valence-corrected chi connectivity index (χ4v) is 2.73. The molecule has 2 nitrogen and oxygen atoms in total. The number of nitrogens with zero attached hydrogens (tertiary/aromatic N) is 1. The zero-order valence-electron chi connectivity index (χ0n) is 10.5. The number of hydrogen-bond donors (Lipinski definition) is 1. The van der Waals surface area contributed by atoms with Gasteiger partial charge in [-0.25, -0.2) is 4.98 Å². The molecule has 0 atom stereocenters. The summed E-state index contributed by atoms with van der Waals surface area (Å²) in [6.07, 6.45) is 14.1. The van der Waals surface area contributed by atoms with Gasteiger partial charge in [0.2, 0.25) is 0 Å². The fourth-order valence-electron chi connectivity index (χ4n) is 2.73. The number of aromatic nitrogens is 2. The first-order chi connectivity index (χ1) is 7.88. The van der Waals surface area contributed by atoms with Gasteiger partial charge in [0, 0.05) is 18.3 Å². The van der Waals surface area contributed by atoms with Gasteiger partial charge in [0.1, 0.15) is 5.82 Å². The van der Waals surface area contributed by atoms with Crippen LogP contribution in [0.4, 0.5) is 0 Å². The van der Waals surface area contributed by atoms with Crippen molar-refractivity contribution in [1.82, 2.24) is 9.97 Å². The summed E-state index contributed by atoms with van der Waals surface area (Å²) in [6.45, 7) is 2.20. The van der Waals surface area contributed by atoms with Gasteiger partial charge in [-0.3, -0.25) is 0 Å². The van der Waals surface area contributed by atoms with Crippen LogP contribution in [0.15, 0.2) is 6.20 Å². The van der Waals surface area contributed by atoms with Gasteiger partial charge in [0.25, 0.3) is 0 Å². The van der Waals surface area contributed by atoms with Gasteiger partial charge in [-0.05, 0) is 25.2 Å². The average Bonchev–Trinajstić information content (AvgIpc) is 2.76. The summed E-state index contributed by atoms with van der Waals surface area (Å²) in [5, 5.41) is 0. The first-order valence-corrected chi connectivity index (χ1v) is 6.91. The molecule has 1 heterocycles. The van der Waals surface area contributed by atoms with Crippen LogP contribution in [0.25, 0.3) is 0 Å². The number of nitrogens with one attached hydrogen (secondary N) is 1.